The Kier molecular flexibility index (Phi) is 4.39. The second-order valence-corrected chi connectivity index (χ2v) is 5.29. The highest BCUT2D eigenvalue weighted by atomic mass is 15.2. The van der Waals surface area contributed by atoms with Crippen LogP contribution in [0.25, 0.3) is 0 Å². The fourth-order valence-electron chi connectivity index (χ4n) is 2.19. The summed E-state index contributed by atoms with van der Waals surface area (Å²) >= 11 is 0. The molecule has 1 saturated heterocycles. The maximum atomic E-state index is 3.62. The smallest absolute Gasteiger partial charge is 0.0209 e. The lowest BCUT2D eigenvalue weighted by Gasteiger charge is -2.27. The summed E-state index contributed by atoms with van der Waals surface area (Å²) in [5.74, 6) is 0.771. The molecule has 14 heavy (non-hydrogen) atoms. The summed E-state index contributed by atoms with van der Waals surface area (Å²) in [6, 6.07) is 2.07. The minimum Gasteiger partial charge on any atom is -0.310 e. The molecule has 1 aliphatic rings. The second-order valence-electron chi connectivity index (χ2n) is 5.29. The molecule has 2 nitrogen and oxygen atoms in total. The van der Waals surface area contributed by atoms with Crippen LogP contribution >= 0.6 is 0 Å². The SMILES string of the molecule is CC(C)NC1CCN(C(C)C(C)C)C1. The minimum absolute atomic E-state index is 0.620. The summed E-state index contributed by atoms with van der Waals surface area (Å²) in [7, 11) is 0. The zero-order valence-electron chi connectivity index (χ0n) is 10.4. The number of rotatable bonds is 4. The first-order valence-corrected chi connectivity index (χ1v) is 6.00. The molecular formula is C12H26N2. The first kappa shape index (κ1) is 12.0. The molecule has 0 aromatic rings. The lowest BCUT2D eigenvalue weighted by molar-refractivity contribution is 0.202. The molecule has 2 heteroatoms. The van der Waals surface area contributed by atoms with Gasteiger partial charge in [-0.25, -0.2) is 0 Å². The van der Waals surface area contributed by atoms with Crippen LogP contribution in [0, 0.1) is 5.92 Å². The molecule has 2 unspecified atom stereocenters. The van der Waals surface area contributed by atoms with E-state index in [1.165, 1.54) is 19.5 Å². The van der Waals surface area contributed by atoms with Crippen LogP contribution in [0.3, 0.4) is 0 Å². The van der Waals surface area contributed by atoms with E-state index in [0.29, 0.717) is 6.04 Å². The van der Waals surface area contributed by atoms with Gasteiger partial charge in [0.15, 0.2) is 0 Å². The van der Waals surface area contributed by atoms with E-state index in [2.05, 4.69) is 44.8 Å². The molecule has 1 N–H and O–H groups in total. The van der Waals surface area contributed by atoms with Crippen molar-refractivity contribution in [3.05, 3.63) is 0 Å². The maximum Gasteiger partial charge on any atom is 0.0209 e. The fraction of sp³-hybridized carbons (Fsp3) is 1.00. The number of hydrogen-bond donors (Lipinski definition) is 1. The normalized spacial score (nSPS) is 26.4. The third-order valence-electron chi connectivity index (χ3n) is 3.33. The largest absolute Gasteiger partial charge is 0.310 e. The van der Waals surface area contributed by atoms with Gasteiger partial charge in [-0.05, 0) is 19.3 Å². The number of hydrogen-bond acceptors (Lipinski definition) is 2. The van der Waals surface area contributed by atoms with E-state index >= 15 is 0 Å². The lowest BCUT2D eigenvalue weighted by atomic mass is 10.1. The highest BCUT2D eigenvalue weighted by Gasteiger charge is 2.27. The van der Waals surface area contributed by atoms with Crippen LogP contribution in [0.1, 0.15) is 41.0 Å². The van der Waals surface area contributed by atoms with Crippen molar-refractivity contribution in [3.8, 4) is 0 Å². The van der Waals surface area contributed by atoms with Crippen LogP contribution < -0.4 is 5.32 Å². The quantitative estimate of drug-likeness (QED) is 0.744. The molecule has 0 aromatic carbocycles. The third kappa shape index (κ3) is 3.25. The molecule has 0 spiro atoms. The van der Waals surface area contributed by atoms with Gasteiger partial charge in [0.2, 0.25) is 0 Å². The fourth-order valence-corrected chi connectivity index (χ4v) is 2.19. The van der Waals surface area contributed by atoms with Crippen LogP contribution in [0.5, 0.6) is 0 Å². The number of likely N-dealkylation sites (tertiary alicyclic amines) is 1. The van der Waals surface area contributed by atoms with Crippen LogP contribution in [0.15, 0.2) is 0 Å². The maximum absolute atomic E-state index is 3.62. The highest BCUT2D eigenvalue weighted by Crippen LogP contribution is 2.17. The molecule has 1 rings (SSSR count). The van der Waals surface area contributed by atoms with E-state index in [9.17, 15) is 0 Å². The van der Waals surface area contributed by atoms with Crippen LogP contribution in [-0.2, 0) is 0 Å². The summed E-state index contributed by atoms with van der Waals surface area (Å²) in [4.78, 5) is 2.62. The zero-order chi connectivity index (χ0) is 10.7. The van der Waals surface area contributed by atoms with E-state index in [1.807, 2.05) is 0 Å². The summed E-state index contributed by atoms with van der Waals surface area (Å²) in [6.45, 7) is 13.9. The van der Waals surface area contributed by atoms with Crippen LogP contribution in [-0.4, -0.2) is 36.1 Å². The van der Waals surface area contributed by atoms with Gasteiger partial charge >= 0.3 is 0 Å². The molecular weight excluding hydrogens is 172 g/mol. The average Bonchev–Trinajstić information content (AvgIpc) is 2.50. The number of nitrogens with one attached hydrogen (secondary N) is 1. The molecule has 1 heterocycles. The van der Waals surface area contributed by atoms with Gasteiger partial charge in [0, 0.05) is 31.2 Å². The van der Waals surface area contributed by atoms with Gasteiger partial charge in [0.25, 0.3) is 0 Å². The Morgan fingerprint density at radius 2 is 1.79 bits per heavy atom. The van der Waals surface area contributed by atoms with Gasteiger partial charge in [0.05, 0.1) is 0 Å². The summed E-state index contributed by atoms with van der Waals surface area (Å²) in [5, 5.41) is 3.62. The molecule has 0 amide bonds. The Morgan fingerprint density at radius 3 is 2.29 bits per heavy atom. The molecule has 1 aliphatic heterocycles. The molecule has 84 valence electrons. The van der Waals surface area contributed by atoms with E-state index < -0.39 is 0 Å². The third-order valence-corrected chi connectivity index (χ3v) is 3.33. The summed E-state index contributed by atoms with van der Waals surface area (Å²) < 4.78 is 0. The summed E-state index contributed by atoms with van der Waals surface area (Å²) in [5.41, 5.74) is 0. The first-order valence-electron chi connectivity index (χ1n) is 6.00. The van der Waals surface area contributed by atoms with Crippen molar-refractivity contribution in [1.82, 2.24) is 10.2 Å². The second kappa shape index (κ2) is 5.13. The van der Waals surface area contributed by atoms with Crippen molar-refractivity contribution in [1.29, 1.82) is 0 Å². The van der Waals surface area contributed by atoms with Gasteiger partial charge in [-0.1, -0.05) is 27.7 Å². The lowest BCUT2D eigenvalue weighted by Crippen LogP contribution is -2.40. The predicted octanol–water partition coefficient (Wildman–Crippen LogP) is 2.10. The van der Waals surface area contributed by atoms with E-state index in [1.54, 1.807) is 0 Å². The molecule has 0 aliphatic carbocycles. The Balaban J connectivity index is 2.33. The van der Waals surface area contributed by atoms with Crippen molar-refractivity contribution < 1.29 is 0 Å². The van der Waals surface area contributed by atoms with Crippen molar-refractivity contribution in [3.63, 3.8) is 0 Å². The van der Waals surface area contributed by atoms with Crippen molar-refractivity contribution in [2.24, 2.45) is 5.92 Å². The van der Waals surface area contributed by atoms with E-state index in [4.69, 9.17) is 0 Å². The molecule has 2 atom stereocenters. The molecule has 1 fully saturated rings. The van der Waals surface area contributed by atoms with Gasteiger partial charge in [0.1, 0.15) is 0 Å². The Morgan fingerprint density at radius 1 is 1.14 bits per heavy atom. The number of nitrogens with zero attached hydrogens (tertiary/aromatic N) is 1. The first-order chi connectivity index (χ1) is 6.50. The molecule has 0 saturated carbocycles. The molecule has 0 bridgehead atoms. The van der Waals surface area contributed by atoms with Crippen LogP contribution in [0.2, 0.25) is 0 Å². The summed E-state index contributed by atoms with van der Waals surface area (Å²) in [6.07, 6.45) is 1.31. The molecule has 0 aromatic heterocycles. The Bertz CT molecular complexity index is 166. The standard InChI is InChI=1S/C12H26N2/c1-9(2)11(5)14-7-6-12(8-14)13-10(3)4/h9-13H,6-8H2,1-5H3. The van der Waals surface area contributed by atoms with Crippen molar-refractivity contribution in [2.45, 2.75) is 59.2 Å². The van der Waals surface area contributed by atoms with Gasteiger partial charge in [-0.2, -0.15) is 0 Å². The van der Waals surface area contributed by atoms with Crippen molar-refractivity contribution >= 4 is 0 Å². The van der Waals surface area contributed by atoms with Gasteiger partial charge in [-0.15, -0.1) is 0 Å². The minimum atomic E-state index is 0.620. The molecule has 0 radical (unpaired) electrons. The van der Waals surface area contributed by atoms with Gasteiger partial charge in [-0.3, -0.25) is 4.90 Å². The Labute approximate surface area is 89.1 Å². The average molecular weight is 198 g/mol. The topological polar surface area (TPSA) is 15.3 Å². The van der Waals surface area contributed by atoms with Crippen LogP contribution in [0.4, 0.5) is 0 Å². The zero-order valence-corrected chi connectivity index (χ0v) is 10.4. The predicted molar refractivity (Wildman–Crippen MR) is 62.5 cm³/mol. The monoisotopic (exact) mass is 198 g/mol. The van der Waals surface area contributed by atoms with E-state index in [-0.39, 0.29) is 0 Å². The van der Waals surface area contributed by atoms with E-state index in [0.717, 1.165) is 18.0 Å². The van der Waals surface area contributed by atoms with Crippen molar-refractivity contribution in [2.75, 3.05) is 13.1 Å². The Hall–Kier alpha value is -0.0800. The van der Waals surface area contributed by atoms with Gasteiger partial charge < -0.3 is 5.32 Å². The highest BCUT2D eigenvalue weighted by molar-refractivity contribution is 4.85.